The average Bonchev–Trinajstić information content (AvgIpc) is 3.81. The molecule has 0 aliphatic heterocycles. The SMILES string of the molecule is C1=CC2c3cccc4c3C3(c5cc(N(C6=C(c7ccc8ccccc8c7)C=CCC6)c6cccc7ccccc67)ccc5-c5cccc-4c53)C2C=C1. The van der Waals surface area contributed by atoms with Crippen LogP contribution < -0.4 is 4.90 Å². The molecule has 1 spiro atoms. The van der Waals surface area contributed by atoms with Gasteiger partial charge < -0.3 is 4.90 Å². The maximum Gasteiger partial charge on any atom is 0.0550 e. The van der Waals surface area contributed by atoms with Crippen LogP contribution in [0.25, 0.3) is 49.4 Å². The maximum atomic E-state index is 2.61. The Morgan fingerprint density at radius 2 is 1.33 bits per heavy atom. The highest BCUT2D eigenvalue weighted by atomic mass is 15.2. The number of allylic oxidation sites excluding steroid dienone is 8. The van der Waals surface area contributed by atoms with E-state index in [-0.39, 0.29) is 5.41 Å². The minimum absolute atomic E-state index is 0.207. The van der Waals surface area contributed by atoms with Crippen molar-refractivity contribution in [2.75, 3.05) is 4.90 Å². The van der Waals surface area contributed by atoms with Gasteiger partial charge in [0, 0.05) is 34.2 Å². The summed E-state index contributed by atoms with van der Waals surface area (Å²) in [6.07, 6.45) is 16.2. The molecule has 0 saturated heterocycles. The Labute approximate surface area is 304 Å². The molecule has 5 aliphatic rings. The van der Waals surface area contributed by atoms with E-state index in [0.29, 0.717) is 11.8 Å². The summed E-state index contributed by atoms with van der Waals surface area (Å²) in [5.74, 6) is 0.708. The fourth-order valence-electron chi connectivity index (χ4n) is 10.7. The van der Waals surface area contributed by atoms with Crippen LogP contribution in [0.5, 0.6) is 0 Å². The summed E-state index contributed by atoms with van der Waals surface area (Å²) >= 11 is 0. The average molecular weight is 662 g/mol. The highest BCUT2D eigenvalue weighted by molar-refractivity contribution is 6.02. The number of hydrogen-bond acceptors (Lipinski definition) is 1. The Hall–Kier alpha value is -6.18. The predicted octanol–water partition coefficient (Wildman–Crippen LogP) is 13.0. The van der Waals surface area contributed by atoms with E-state index >= 15 is 0 Å². The smallest absolute Gasteiger partial charge is 0.0550 e. The topological polar surface area (TPSA) is 3.24 Å². The van der Waals surface area contributed by atoms with Gasteiger partial charge in [-0.15, -0.1) is 0 Å². The van der Waals surface area contributed by atoms with Gasteiger partial charge in [0.15, 0.2) is 0 Å². The highest BCUT2D eigenvalue weighted by Crippen LogP contribution is 2.72. The maximum absolute atomic E-state index is 2.61. The van der Waals surface area contributed by atoms with Crippen molar-refractivity contribution in [3.63, 3.8) is 0 Å². The van der Waals surface area contributed by atoms with Gasteiger partial charge in [0.1, 0.15) is 0 Å². The molecule has 0 N–H and O–H groups in total. The van der Waals surface area contributed by atoms with Gasteiger partial charge >= 0.3 is 0 Å². The second kappa shape index (κ2) is 10.4. The summed E-state index contributed by atoms with van der Waals surface area (Å²) in [5.41, 5.74) is 17.8. The van der Waals surface area contributed by atoms with E-state index in [0.717, 1.165) is 12.8 Å². The molecule has 0 radical (unpaired) electrons. The van der Waals surface area contributed by atoms with Gasteiger partial charge in [-0.3, -0.25) is 0 Å². The van der Waals surface area contributed by atoms with Gasteiger partial charge in [-0.25, -0.2) is 0 Å². The number of rotatable bonds is 4. The molecule has 0 bridgehead atoms. The highest BCUT2D eigenvalue weighted by Gasteiger charge is 2.61. The minimum atomic E-state index is -0.207. The second-order valence-corrected chi connectivity index (χ2v) is 15.1. The second-order valence-electron chi connectivity index (χ2n) is 15.1. The molecule has 0 aromatic heterocycles. The molecule has 3 atom stereocenters. The molecule has 7 aromatic carbocycles. The van der Waals surface area contributed by atoms with Gasteiger partial charge in [-0.2, -0.15) is 0 Å². The Kier molecular flexibility index (Phi) is 5.72. The first kappa shape index (κ1) is 28.5. The van der Waals surface area contributed by atoms with Gasteiger partial charge in [0.05, 0.1) is 11.1 Å². The number of hydrogen-bond donors (Lipinski definition) is 0. The van der Waals surface area contributed by atoms with Crippen LogP contribution in [-0.2, 0) is 5.41 Å². The third kappa shape index (κ3) is 3.58. The Balaban J connectivity index is 1.15. The van der Waals surface area contributed by atoms with Gasteiger partial charge in [0.25, 0.3) is 0 Å². The third-order valence-electron chi connectivity index (χ3n) is 12.7. The van der Waals surface area contributed by atoms with Crippen LogP contribution in [0.3, 0.4) is 0 Å². The van der Waals surface area contributed by atoms with Crippen LogP contribution in [0.1, 0.15) is 46.6 Å². The summed E-state index contributed by atoms with van der Waals surface area (Å²) in [7, 11) is 0. The van der Waals surface area contributed by atoms with Gasteiger partial charge in [-0.1, -0.05) is 152 Å². The van der Waals surface area contributed by atoms with Crippen molar-refractivity contribution < 1.29 is 0 Å². The van der Waals surface area contributed by atoms with Crippen LogP contribution in [0.4, 0.5) is 11.4 Å². The zero-order chi connectivity index (χ0) is 34.0. The molecule has 52 heavy (non-hydrogen) atoms. The normalized spacial score (nSPS) is 21.1. The summed E-state index contributed by atoms with van der Waals surface area (Å²) in [6.45, 7) is 0. The number of benzene rings is 7. The zero-order valence-corrected chi connectivity index (χ0v) is 28.8. The van der Waals surface area contributed by atoms with E-state index in [1.54, 1.807) is 0 Å². The molecule has 5 aliphatic carbocycles. The fraction of sp³-hybridized carbons (Fsp3) is 0.0980. The lowest BCUT2D eigenvalue weighted by molar-refractivity contribution is 0.472. The summed E-state index contributed by atoms with van der Waals surface area (Å²) < 4.78 is 0. The van der Waals surface area contributed by atoms with Crippen molar-refractivity contribution >= 4 is 38.5 Å². The molecule has 3 unspecified atom stereocenters. The van der Waals surface area contributed by atoms with Crippen LogP contribution >= 0.6 is 0 Å². The summed E-state index contributed by atoms with van der Waals surface area (Å²) in [6, 6.07) is 52.9. The van der Waals surface area contributed by atoms with E-state index < -0.39 is 0 Å². The molecule has 1 heteroatoms. The lowest BCUT2D eigenvalue weighted by atomic mass is 9.67. The summed E-state index contributed by atoms with van der Waals surface area (Å²) in [4.78, 5) is 2.61. The lowest BCUT2D eigenvalue weighted by Gasteiger charge is -2.36. The zero-order valence-electron chi connectivity index (χ0n) is 28.8. The molecule has 1 nitrogen and oxygen atoms in total. The monoisotopic (exact) mass is 661 g/mol. The lowest BCUT2D eigenvalue weighted by Crippen LogP contribution is -2.31. The van der Waals surface area contributed by atoms with Crippen molar-refractivity contribution in [3.05, 3.63) is 209 Å². The first-order valence-corrected chi connectivity index (χ1v) is 18.7. The molecule has 7 aromatic rings. The first-order chi connectivity index (χ1) is 25.8. The van der Waals surface area contributed by atoms with E-state index in [1.807, 2.05) is 0 Å². The van der Waals surface area contributed by atoms with Crippen LogP contribution in [0.15, 0.2) is 182 Å². The molecular formula is C51H35N. The quantitative estimate of drug-likeness (QED) is 0.181. The van der Waals surface area contributed by atoms with Crippen molar-refractivity contribution in [2.45, 2.75) is 24.2 Å². The largest absolute Gasteiger partial charge is 0.313 e. The Bertz CT molecular complexity index is 2820. The minimum Gasteiger partial charge on any atom is -0.313 e. The molecule has 0 fully saturated rings. The van der Waals surface area contributed by atoms with E-state index in [1.165, 1.54) is 94.3 Å². The first-order valence-electron chi connectivity index (χ1n) is 18.7. The van der Waals surface area contributed by atoms with Gasteiger partial charge in [0.2, 0.25) is 0 Å². The summed E-state index contributed by atoms with van der Waals surface area (Å²) in [5, 5.41) is 5.07. The van der Waals surface area contributed by atoms with Gasteiger partial charge in [-0.05, 0) is 103 Å². The van der Waals surface area contributed by atoms with Crippen LogP contribution in [0.2, 0.25) is 0 Å². The standard InChI is InChI=1S/C51H35N/c1-2-14-34-30-35(27-26-32(34)12-1)38-17-6-8-24-47(38)52(48-25-9-15-33-13-3-4-16-37(33)48)36-28-29-40-42-20-11-22-44-43-21-10-19-41-39-18-5-7-23-45(39)51(49(41)43,50(42)44)46(40)31-36/h1-7,9-23,25-31,39,45H,8,24H2. The van der Waals surface area contributed by atoms with E-state index in [9.17, 15) is 0 Å². The Morgan fingerprint density at radius 1 is 0.577 bits per heavy atom. The van der Waals surface area contributed by atoms with Crippen molar-refractivity contribution in [2.24, 2.45) is 5.92 Å². The van der Waals surface area contributed by atoms with Crippen molar-refractivity contribution in [1.29, 1.82) is 0 Å². The fourth-order valence-corrected chi connectivity index (χ4v) is 10.7. The number of anilines is 2. The van der Waals surface area contributed by atoms with Crippen molar-refractivity contribution in [1.82, 2.24) is 0 Å². The predicted molar refractivity (Wildman–Crippen MR) is 217 cm³/mol. The third-order valence-corrected chi connectivity index (χ3v) is 12.7. The number of nitrogens with zero attached hydrogens (tertiary/aromatic N) is 1. The molecular weight excluding hydrogens is 627 g/mol. The Morgan fingerprint density at radius 3 is 2.25 bits per heavy atom. The molecule has 12 rings (SSSR count). The van der Waals surface area contributed by atoms with Crippen LogP contribution in [0, 0.1) is 5.92 Å². The molecule has 0 saturated carbocycles. The molecule has 244 valence electrons. The van der Waals surface area contributed by atoms with E-state index in [4.69, 9.17) is 0 Å². The van der Waals surface area contributed by atoms with Crippen LogP contribution in [-0.4, -0.2) is 0 Å². The van der Waals surface area contributed by atoms with Crippen molar-refractivity contribution in [3.8, 4) is 22.3 Å². The molecule has 0 heterocycles. The number of fused-ring (bicyclic) bond motifs is 7. The van der Waals surface area contributed by atoms with E-state index in [2.05, 4.69) is 181 Å². The molecule has 0 amide bonds.